The Morgan fingerprint density at radius 1 is 1.05 bits per heavy atom. The molecule has 0 saturated carbocycles. The molecule has 1 aliphatic rings. The molecule has 1 unspecified atom stereocenters. The maximum atomic E-state index is 6.53. The summed E-state index contributed by atoms with van der Waals surface area (Å²) in [7, 11) is -1.75. The van der Waals surface area contributed by atoms with Crippen molar-refractivity contribution in [1.82, 2.24) is 0 Å². The molecule has 1 aromatic carbocycles. The van der Waals surface area contributed by atoms with E-state index in [9.17, 15) is 0 Å². The third kappa shape index (κ3) is 4.26. The van der Waals surface area contributed by atoms with Gasteiger partial charge < -0.3 is 4.43 Å². The number of fused-ring (bicyclic) bond motifs is 1. The summed E-state index contributed by atoms with van der Waals surface area (Å²) in [6, 6.07) is 8.12. The van der Waals surface area contributed by atoms with Crippen LogP contribution in [0.3, 0.4) is 0 Å². The molecular weight excluding hydrogens is 284 g/mol. The van der Waals surface area contributed by atoms with Gasteiger partial charge in [0, 0.05) is 24.0 Å². The maximum Gasteiger partial charge on any atom is 0.192 e. The van der Waals surface area contributed by atoms with Crippen molar-refractivity contribution in [2.75, 3.05) is 0 Å². The predicted molar refractivity (Wildman–Crippen MR) is 96.1 cm³/mol. The van der Waals surface area contributed by atoms with Gasteiger partial charge in [-0.1, -0.05) is 56.6 Å². The van der Waals surface area contributed by atoms with E-state index in [1.165, 1.54) is 0 Å². The fourth-order valence-corrected chi connectivity index (χ4v) is 3.54. The monoisotopic (exact) mass is 310 g/mol. The molecule has 0 spiro atoms. The van der Waals surface area contributed by atoms with Crippen LogP contribution in [0, 0.1) is 23.7 Å². The zero-order chi connectivity index (χ0) is 16.2. The fraction of sp³-hybridized carbons (Fsp3) is 0.500. The Balaban J connectivity index is 2.17. The van der Waals surface area contributed by atoms with Gasteiger partial charge in [0.15, 0.2) is 8.32 Å². The van der Waals surface area contributed by atoms with E-state index in [1.54, 1.807) is 0 Å². The normalized spacial score (nSPS) is 18.3. The van der Waals surface area contributed by atoms with Gasteiger partial charge in [0.25, 0.3) is 0 Å². The summed E-state index contributed by atoms with van der Waals surface area (Å²) in [6.07, 6.45) is 2.83. The van der Waals surface area contributed by atoms with Gasteiger partial charge in [-0.15, -0.1) is 0 Å². The first-order chi connectivity index (χ1) is 10.3. The van der Waals surface area contributed by atoms with Crippen LogP contribution in [0.15, 0.2) is 24.3 Å². The van der Waals surface area contributed by atoms with Crippen molar-refractivity contribution in [3.05, 3.63) is 35.4 Å². The molecule has 1 aromatic rings. The minimum Gasteiger partial charge on any atom is -0.413 e. The summed E-state index contributed by atoms with van der Waals surface area (Å²) in [6.45, 7) is 11.4. The summed E-state index contributed by atoms with van der Waals surface area (Å²) in [5.41, 5.74) is 2.07. The molecule has 0 fully saturated rings. The van der Waals surface area contributed by atoms with E-state index in [1.807, 2.05) is 24.3 Å². The first kappa shape index (κ1) is 16.9. The van der Waals surface area contributed by atoms with Gasteiger partial charge in [-0.3, -0.25) is 0 Å². The van der Waals surface area contributed by atoms with Gasteiger partial charge in [-0.25, -0.2) is 0 Å². The van der Waals surface area contributed by atoms with E-state index < -0.39 is 8.32 Å². The number of benzene rings is 1. The minimum atomic E-state index is -1.75. The van der Waals surface area contributed by atoms with Crippen molar-refractivity contribution in [2.24, 2.45) is 0 Å². The van der Waals surface area contributed by atoms with Crippen LogP contribution in [-0.4, -0.2) is 14.4 Å². The molecule has 22 heavy (non-hydrogen) atoms. The van der Waals surface area contributed by atoms with E-state index in [-0.39, 0.29) is 11.1 Å². The lowest BCUT2D eigenvalue weighted by Crippen LogP contribution is -2.43. The van der Waals surface area contributed by atoms with E-state index >= 15 is 0 Å². The second kappa shape index (κ2) is 6.74. The van der Waals surface area contributed by atoms with Gasteiger partial charge in [-0.2, -0.15) is 0 Å². The first-order valence-electron chi connectivity index (χ1n) is 8.04. The van der Waals surface area contributed by atoms with Crippen LogP contribution in [0.1, 0.15) is 51.2 Å². The molecule has 116 valence electrons. The van der Waals surface area contributed by atoms with Crippen LogP contribution >= 0.6 is 0 Å². The lowest BCUT2D eigenvalue weighted by Gasteiger charge is -2.39. The Bertz CT molecular complexity index is 644. The van der Waals surface area contributed by atoms with Crippen LogP contribution in [0.2, 0.25) is 18.1 Å². The molecule has 0 amide bonds. The predicted octanol–water partition coefficient (Wildman–Crippen LogP) is 4.96. The lowest BCUT2D eigenvalue weighted by molar-refractivity contribution is 0.177. The molecule has 0 N–H and O–H groups in total. The molecule has 0 heterocycles. The average Bonchev–Trinajstić information content (AvgIpc) is 2.43. The molecule has 0 aromatic heterocycles. The van der Waals surface area contributed by atoms with Crippen LogP contribution in [0.25, 0.3) is 0 Å². The summed E-state index contributed by atoms with van der Waals surface area (Å²) in [5.74, 6) is 13.1. The summed E-state index contributed by atoms with van der Waals surface area (Å²) < 4.78 is 6.53. The molecule has 1 atom stereocenters. The Labute approximate surface area is 136 Å². The standard InChI is InChI=1S/C20H26OSi/c1-20(2,3)22(4,5)21-19-15-9-8-13-17-11-6-7-12-18(17)14-10-16-19/h6-7,11-12,19H,9,15-16H2,1-5H3. The van der Waals surface area contributed by atoms with Gasteiger partial charge in [0.2, 0.25) is 0 Å². The lowest BCUT2D eigenvalue weighted by atomic mass is 10.1. The van der Waals surface area contributed by atoms with E-state index in [4.69, 9.17) is 4.43 Å². The number of hydrogen-bond donors (Lipinski definition) is 0. The molecule has 2 rings (SSSR count). The second-order valence-corrected chi connectivity index (χ2v) is 12.1. The SMILES string of the molecule is CC(C)(C)[Si](C)(C)OC1CC#Cc2ccccc2C#CCC1. The van der Waals surface area contributed by atoms with Crippen LogP contribution in [-0.2, 0) is 4.43 Å². The number of rotatable bonds is 2. The fourth-order valence-electron chi connectivity index (χ4n) is 2.15. The quantitative estimate of drug-likeness (QED) is 0.554. The van der Waals surface area contributed by atoms with Crippen molar-refractivity contribution < 1.29 is 4.43 Å². The molecule has 0 saturated heterocycles. The maximum absolute atomic E-state index is 6.53. The topological polar surface area (TPSA) is 9.23 Å². The summed E-state index contributed by atoms with van der Waals surface area (Å²) in [5, 5.41) is 0.230. The third-order valence-electron chi connectivity index (χ3n) is 4.56. The Kier molecular flexibility index (Phi) is 5.17. The largest absolute Gasteiger partial charge is 0.413 e. The van der Waals surface area contributed by atoms with Crippen molar-refractivity contribution >= 4 is 8.32 Å². The van der Waals surface area contributed by atoms with Crippen molar-refractivity contribution in [1.29, 1.82) is 0 Å². The second-order valence-electron chi connectivity index (χ2n) is 7.39. The highest BCUT2D eigenvalue weighted by Gasteiger charge is 2.38. The minimum absolute atomic E-state index is 0.202. The zero-order valence-corrected chi connectivity index (χ0v) is 15.4. The molecule has 0 aliphatic heterocycles. The average molecular weight is 311 g/mol. The third-order valence-corrected chi connectivity index (χ3v) is 9.10. The van der Waals surface area contributed by atoms with Crippen molar-refractivity contribution in [2.45, 2.75) is 64.3 Å². The summed E-state index contributed by atoms with van der Waals surface area (Å²) in [4.78, 5) is 0. The van der Waals surface area contributed by atoms with Crippen molar-refractivity contribution in [3.8, 4) is 23.7 Å². The Morgan fingerprint density at radius 2 is 1.64 bits per heavy atom. The number of hydrogen-bond acceptors (Lipinski definition) is 1. The van der Waals surface area contributed by atoms with Gasteiger partial charge in [0.05, 0.1) is 6.10 Å². The Morgan fingerprint density at radius 3 is 2.23 bits per heavy atom. The van der Waals surface area contributed by atoms with Gasteiger partial charge in [-0.05, 0) is 36.7 Å². The molecule has 2 heteroatoms. The van der Waals surface area contributed by atoms with E-state index in [0.717, 1.165) is 30.4 Å². The Hall–Kier alpha value is -1.48. The van der Waals surface area contributed by atoms with Gasteiger partial charge in [0.1, 0.15) is 0 Å². The molecule has 1 nitrogen and oxygen atoms in total. The molecule has 0 radical (unpaired) electrons. The highest BCUT2D eigenvalue weighted by Crippen LogP contribution is 2.38. The molecule has 0 bridgehead atoms. The molecular formula is C20H26OSi. The summed E-state index contributed by atoms with van der Waals surface area (Å²) >= 11 is 0. The zero-order valence-electron chi connectivity index (χ0n) is 14.4. The highest BCUT2D eigenvalue weighted by atomic mass is 28.4. The smallest absolute Gasteiger partial charge is 0.192 e. The van der Waals surface area contributed by atoms with Gasteiger partial charge >= 0.3 is 0 Å². The highest BCUT2D eigenvalue weighted by molar-refractivity contribution is 6.74. The first-order valence-corrected chi connectivity index (χ1v) is 10.9. The van der Waals surface area contributed by atoms with E-state index in [2.05, 4.69) is 57.5 Å². The van der Waals surface area contributed by atoms with Crippen molar-refractivity contribution in [3.63, 3.8) is 0 Å². The van der Waals surface area contributed by atoms with Crippen LogP contribution < -0.4 is 0 Å². The van der Waals surface area contributed by atoms with Crippen LogP contribution in [0.4, 0.5) is 0 Å². The molecule has 1 aliphatic carbocycles. The van der Waals surface area contributed by atoms with Crippen LogP contribution in [0.5, 0.6) is 0 Å². The van der Waals surface area contributed by atoms with E-state index in [0.29, 0.717) is 0 Å².